The predicted molar refractivity (Wildman–Crippen MR) is 51.1 cm³/mol. The van der Waals surface area contributed by atoms with Crippen molar-refractivity contribution in [3.63, 3.8) is 0 Å². The summed E-state index contributed by atoms with van der Waals surface area (Å²) in [5.41, 5.74) is 1.37. The van der Waals surface area contributed by atoms with Crippen LogP contribution in [0.3, 0.4) is 0 Å². The smallest absolute Gasteiger partial charge is 0.876 e. The van der Waals surface area contributed by atoms with Gasteiger partial charge >= 0.3 is 18.9 Å². The van der Waals surface area contributed by atoms with Crippen LogP contribution in [0.1, 0.15) is 30.7 Å². The maximum Gasteiger partial charge on any atom is 1.00 e. The molecule has 1 aromatic rings. The van der Waals surface area contributed by atoms with Crippen molar-refractivity contribution in [2.24, 2.45) is 0 Å². The van der Waals surface area contributed by atoms with Crippen molar-refractivity contribution in [3.05, 3.63) is 47.7 Å². The minimum atomic E-state index is 0. The third kappa shape index (κ3) is 2.67. The Hall–Kier alpha value is -0.643. The molecule has 0 saturated heterocycles. The fourth-order valence-electron chi connectivity index (χ4n) is 1.84. The number of allylic oxidation sites excluding steroid dienone is 2. The molecule has 0 heterocycles. The fraction of sp³-hybridized carbons (Fsp3) is 0.333. The van der Waals surface area contributed by atoms with E-state index in [1.165, 1.54) is 5.56 Å². The third-order valence-corrected chi connectivity index (χ3v) is 2.64. The first-order chi connectivity index (χ1) is 6.36. The molecule has 1 atom stereocenters. The minimum Gasteiger partial charge on any atom is -0.876 e. The number of benzene rings is 1. The molecule has 0 fully saturated rings. The Kier molecular flexibility index (Phi) is 4.32. The molecule has 0 unspecified atom stereocenters. The summed E-state index contributed by atoms with van der Waals surface area (Å²) in [7, 11) is 0. The van der Waals surface area contributed by atoms with Crippen LogP contribution in [0.4, 0.5) is 0 Å². The molecule has 0 saturated carbocycles. The number of rotatable bonds is 1. The molecule has 2 rings (SSSR count). The quantitative estimate of drug-likeness (QED) is 0.519. The Morgan fingerprint density at radius 3 is 2.43 bits per heavy atom. The molecule has 0 bridgehead atoms. The van der Waals surface area contributed by atoms with Crippen LogP contribution in [-0.4, -0.2) is 0 Å². The van der Waals surface area contributed by atoms with E-state index in [0.29, 0.717) is 11.7 Å². The molecule has 0 aliphatic heterocycles. The Morgan fingerprint density at radius 1 is 1.14 bits per heavy atom. The maximum absolute atomic E-state index is 11.0. The van der Waals surface area contributed by atoms with Gasteiger partial charge in [0.2, 0.25) is 0 Å². The van der Waals surface area contributed by atoms with E-state index in [1.807, 2.05) is 12.1 Å². The second kappa shape index (κ2) is 5.29. The summed E-state index contributed by atoms with van der Waals surface area (Å²) in [5, 5.41) is 11.0. The first-order valence-corrected chi connectivity index (χ1v) is 4.77. The Morgan fingerprint density at radius 2 is 1.86 bits per heavy atom. The van der Waals surface area contributed by atoms with Crippen molar-refractivity contribution in [2.45, 2.75) is 25.2 Å². The Bertz CT molecular complexity index is 305. The average Bonchev–Trinajstić information content (AvgIpc) is 2.20. The van der Waals surface area contributed by atoms with Gasteiger partial charge in [-0.2, -0.15) is 0 Å². The zero-order chi connectivity index (χ0) is 9.10. The van der Waals surface area contributed by atoms with Crippen LogP contribution in [0.2, 0.25) is 0 Å². The van der Waals surface area contributed by atoms with Gasteiger partial charge in [0, 0.05) is 0 Å². The molecule has 0 N–H and O–H groups in total. The summed E-state index contributed by atoms with van der Waals surface area (Å²) in [5.74, 6) is 0.881. The summed E-state index contributed by atoms with van der Waals surface area (Å²) in [6.07, 6.45) is 4.49. The third-order valence-electron chi connectivity index (χ3n) is 2.64. The van der Waals surface area contributed by atoms with E-state index in [9.17, 15) is 5.11 Å². The number of hydrogen-bond donors (Lipinski definition) is 0. The molecule has 1 aliphatic rings. The van der Waals surface area contributed by atoms with Crippen molar-refractivity contribution in [1.29, 1.82) is 0 Å². The molecule has 0 spiro atoms. The van der Waals surface area contributed by atoms with Gasteiger partial charge in [-0.05, 0) is 30.7 Å². The second-order valence-electron chi connectivity index (χ2n) is 3.55. The van der Waals surface area contributed by atoms with E-state index in [4.69, 9.17) is 0 Å². The molecular weight excluding hydrogens is 167 g/mol. The molecule has 0 amide bonds. The molecular formula is C12H13LiO. The molecule has 68 valence electrons. The van der Waals surface area contributed by atoms with Gasteiger partial charge in [-0.25, -0.2) is 0 Å². The van der Waals surface area contributed by atoms with E-state index in [0.717, 1.165) is 19.3 Å². The van der Waals surface area contributed by atoms with Crippen LogP contribution in [-0.2, 0) is 0 Å². The predicted octanol–water partition coefficient (Wildman–Crippen LogP) is -0.798. The second-order valence-corrected chi connectivity index (χ2v) is 3.55. The Balaban J connectivity index is 0.000000980. The first kappa shape index (κ1) is 11.4. The van der Waals surface area contributed by atoms with E-state index >= 15 is 0 Å². The minimum absolute atomic E-state index is 0. The summed E-state index contributed by atoms with van der Waals surface area (Å²) in [6, 6.07) is 10.4. The standard InChI is InChI=1S/C12H14O.Li/c13-12-8-6-11(7-9-12)10-4-2-1-3-5-10;/h1-5,8,11,13H,6-7,9H2;/q;+1/p-1/t11-;/m0./s1. The molecule has 14 heavy (non-hydrogen) atoms. The van der Waals surface area contributed by atoms with Gasteiger partial charge < -0.3 is 5.11 Å². The topological polar surface area (TPSA) is 23.1 Å². The average molecular weight is 180 g/mol. The zero-order valence-corrected chi connectivity index (χ0v) is 8.57. The SMILES string of the molecule is [Li+].[O-]C1=CC[C@H](c2ccccc2)CC1. The molecule has 0 radical (unpaired) electrons. The van der Waals surface area contributed by atoms with E-state index < -0.39 is 0 Å². The van der Waals surface area contributed by atoms with Crippen LogP contribution >= 0.6 is 0 Å². The van der Waals surface area contributed by atoms with Gasteiger partial charge in [0.1, 0.15) is 0 Å². The van der Waals surface area contributed by atoms with Gasteiger partial charge in [0.15, 0.2) is 0 Å². The first-order valence-electron chi connectivity index (χ1n) is 4.77. The zero-order valence-electron chi connectivity index (χ0n) is 8.57. The summed E-state index contributed by atoms with van der Waals surface area (Å²) in [4.78, 5) is 0. The molecule has 1 aromatic carbocycles. The van der Waals surface area contributed by atoms with Gasteiger partial charge in [0.25, 0.3) is 0 Å². The molecule has 0 aromatic heterocycles. The van der Waals surface area contributed by atoms with Crippen molar-refractivity contribution < 1.29 is 24.0 Å². The van der Waals surface area contributed by atoms with Crippen LogP contribution in [0.15, 0.2) is 42.2 Å². The summed E-state index contributed by atoms with van der Waals surface area (Å²) < 4.78 is 0. The van der Waals surface area contributed by atoms with E-state index in [2.05, 4.69) is 24.3 Å². The largest absolute Gasteiger partial charge is 1.00 e. The van der Waals surface area contributed by atoms with Gasteiger partial charge in [0.05, 0.1) is 0 Å². The number of hydrogen-bond acceptors (Lipinski definition) is 1. The van der Waals surface area contributed by atoms with E-state index in [1.54, 1.807) is 0 Å². The normalized spacial score (nSPS) is 20.9. The van der Waals surface area contributed by atoms with Crippen molar-refractivity contribution >= 4 is 0 Å². The van der Waals surface area contributed by atoms with Crippen LogP contribution in [0, 0.1) is 0 Å². The van der Waals surface area contributed by atoms with Crippen molar-refractivity contribution in [3.8, 4) is 0 Å². The van der Waals surface area contributed by atoms with Crippen LogP contribution < -0.4 is 24.0 Å². The van der Waals surface area contributed by atoms with Crippen LogP contribution in [0.25, 0.3) is 0 Å². The van der Waals surface area contributed by atoms with Crippen molar-refractivity contribution in [2.75, 3.05) is 0 Å². The molecule has 1 aliphatic carbocycles. The molecule has 1 nitrogen and oxygen atoms in total. The van der Waals surface area contributed by atoms with E-state index in [-0.39, 0.29) is 18.9 Å². The summed E-state index contributed by atoms with van der Waals surface area (Å²) in [6.45, 7) is 0. The van der Waals surface area contributed by atoms with Crippen molar-refractivity contribution in [1.82, 2.24) is 0 Å². The van der Waals surface area contributed by atoms with Gasteiger partial charge in [-0.3, -0.25) is 0 Å². The Labute approximate surface area is 97.0 Å². The van der Waals surface area contributed by atoms with Gasteiger partial charge in [-0.15, -0.1) is 5.76 Å². The van der Waals surface area contributed by atoms with Gasteiger partial charge in [-0.1, -0.05) is 36.4 Å². The summed E-state index contributed by atoms with van der Waals surface area (Å²) >= 11 is 0. The van der Waals surface area contributed by atoms with Crippen LogP contribution in [0.5, 0.6) is 0 Å². The molecule has 2 heteroatoms. The fourth-order valence-corrected chi connectivity index (χ4v) is 1.84. The maximum atomic E-state index is 11.0. The monoisotopic (exact) mass is 180 g/mol.